The van der Waals surface area contributed by atoms with Crippen LogP contribution in [0.4, 0.5) is 0 Å². The molecule has 0 aromatic carbocycles. The number of rotatable bonds is 7. The van der Waals surface area contributed by atoms with Gasteiger partial charge in [-0.05, 0) is 44.9 Å². The van der Waals surface area contributed by atoms with Crippen molar-refractivity contribution in [2.45, 2.75) is 79.9 Å². The molecule has 0 aliphatic heterocycles. The molecule has 0 rings (SSSR count). The number of ether oxygens (including phenoxy) is 1. The van der Waals surface area contributed by atoms with E-state index in [4.69, 9.17) is 4.74 Å². The molecule has 136 valence electrons. The summed E-state index contributed by atoms with van der Waals surface area (Å²) in [6.07, 6.45) is 1.06. The van der Waals surface area contributed by atoms with Crippen LogP contribution in [0.1, 0.15) is 68.2 Å². The normalized spacial score (nSPS) is 15.2. The minimum Gasteiger partial charge on any atom is -0.458 e. The summed E-state index contributed by atoms with van der Waals surface area (Å²) in [4.78, 5) is 24.8. The van der Waals surface area contributed by atoms with Gasteiger partial charge < -0.3 is 15.2 Å². The Bertz CT molecular complexity index is 391. The third-order valence-corrected chi connectivity index (χ3v) is 3.16. The summed E-state index contributed by atoms with van der Waals surface area (Å²) < 4.78 is 5.40. The van der Waals surface area contributed by atoms with Crippen LogP contribution in [0.15, 0.2) is 0 Å². The summed E-state index contributed by atoms with van der Waals surface area (Å²) in [6, 6.07) is -0.684. The third kappa shape index (κ3) is 10.3. The third-order valence-electron chi connectivity index (χ3n) is 3.16. The Kier molecular flexibility index (Phi) is 8.25. The van der Waals surface area contributed by atoms with Crippen molar-refractivity contribution in [3.05, 3.63) is 0 Å². The Morgan fingerprint density at radius 2 is 1.61 bits per heavy atom. The molecule has 0 fully saturated rings. The van der Waals surface area contributed by atoms with Gasteiger partial charge in [-0.25, -0.2) is 4.79 Å². The highest BCUT2D eigenvalue weighted by Crippen LogP contribution is 2.24. The Morgan fingerprint density at radius 1 is 1.09 bits per heavy atom. The van der Waals surface area contributed by atoms with E-state index in [2.05, 4.69) is 5.32 Å². The van der Waals surface area contributed by atoms with Gasteiger partial charge in [-0.1, -0.05) is 34.6 Å². The molecule has 0 aliphatic carbocycles. The van der Waals surface area contributed by atoms with E-state index in [1.807, 2.05) is 34.6 Å². The maximum atomic E-state index is 12.4. The van der Waals surface area contributed by atoms with Crippen molar-refractivity contribution in [3.63, 3.8) is 0 Å². The van der Waals surface area contributed by atoms with Crippen molar-refractivity contribution >= 4 is 11.9 Å². The lowest BCUT2D eigenvalue weighted by molar-refractivity contribution is -0.159. The minimum atomic E-state index is -0.684. The first kappa shape index (κ1) is 21.9. The number of hydrogen-bond donors (Lipinski definition) is 2. The van der Waals surface area contributed by atoms with Crippen molar-refractivity contribution in [2.24, 2.45) is 17.3 Å². The van der Waals surface area contributed by atoms with Gasteiger partial charge in [0, 0.05) is 0 Å². The number of carbonyl (C=O) groups is 2. The molecule has 0 aliphatic rings. The molecule has 5 heteroatoms. The predicted octanol–water partition coefficient (Wildman–Crippen LogP) is 2.90. The van der Waals surface area contributed by atoms with Gasteiger partial charge in [-0.3, -0.25) is 4.79 Å². The highest BCUT2D eigenvalue weighted by Gasteiger charge is 2.31. The zero-order valence-electron chi connectivity index (χ0n) is 16.0. The van der Waals surface area contributed by atoms with Crippen LogP contribution < -0.4 is 5.32 Å². The Hall–Kier alpha value is -1.10. The van der Waals surface area contributed by atoms with Crippen LogP contribution >= 0.6 is 0 Å². The molecule has 2 atom stereocenters. The zero-order valence-corrected chi connectivity index (χ0v) is 16.0. The number of hydrogen-bond acceptors (Lipinski definition) is 4. The first-order valence-electron chi connectivity index (χ1n) is 8.39. The van der Waals surface area contributed by atoms with Crippen molar-refractivity contribution in [3.8, 4) is 0 Å². The Morgan fingerprint density at radius 3 is 1.96 bits per heavy atom. The van der Waals surface area contributed by atoms with Crippen LogP contribution in [0.5, 0.6) is 0 Å². The molecule has 0 saturated carbocycles. The van der Waals surface area contributed by atoms with Gasteiger partial charge in [0.05, 0.1) is 12.5 Å². The van der Waals surface area contributed by atoms with Crippen molar-refractivity contribution in [1.29, 1.82) is 0 Å². The first-order valence-corrected chi connectivity index (χ1v) is 8.39. The number of nitrogens with one attached hydrogen (secondary N) is 1. The second kappa shape index (κ2) is 8.67. The molecular weight excluding hydrogens is 294 g/mol. The Labute approximate surface area is 141 Å². The molecule has 2 N–H and O–H groups in total. The van der Waals surface area contributed by atoms with Gasteiger partial charge in [0.2, 0.25) is 5.91 Å². The fraction of sp³-hybridized carbons (Fsp3) is 0.889. The smallest absolute Gasteiger partial charge is 0.329 e. The van der Waals surface area contributed by atoms with Gasteiger partial charge in [-0.15, -0.1) is 0 Å². The Balaban J connectivity index is 5.00. The zero-order chi connectivity index (χ0) is 18.4. The minimum absolute atomic E-state index is 0.0792. The highest BCUT2D eigenvalue weighted by atomic mass is 16.6. The van der Waals surface area contributed by atoms with Gasteiger partial charge in [0.25, 0.3) is 0 Å². The average molecular weight is 329 g/mol. The number of aliphatic hydroxyl groups excluding tert-OH is 1. The van der Waals surface area contributed by atoms with Gasteiger partial charge >= 0.3 is 5.97 Å². The molecule has 0 heterocycles. The monoisotopic (exact) mass is 329 g/mol. The number of carbonyl (C=O) groups excluding carboxylic acids is 2. The van der Waals surface area contributed by atoms with Crippen LogP contribution in [-0.2, 0) is 14.3 Å². The predicted molar refractivity (Wildman–Crippen MR) is 91.9 cm³/mol. The van der Waals surface area contributed by atoms with Crippen LogP contribution in [-0.4, -0.2) is 35.2 Å². The SMILES string of the molecule is CC(C)C[C@H](NC(=O)[C@H](CO)CC(C)(C)C)C(=O)OC(C)(C)C. The van der Waals surface area contributed by atoms with Gasteiger partial charge in [-0.2, -0.15) is 0 Å². The fourth-order valence-corrected chi connectivity index (χ4v) is 2.33. The van der Waals surface area contributed by atoms with E-state index in [1.54, 1.807) is 20.8 Å². The number of amides is 1. The summed E-state index contributed by atoms with van der Waals surface area (Å²) >= 11 is 0. The number of esters is 1. The standard InChI is InChI=1S/C18H35NO4/c1-12(2)9-14(16(22)23-18(6,7)8)19-15(21)13(11-20)10-17(3,4)5/h12-14,20H,9-11H2,1-8H3,(H,19,21)/t13-,14-/m0/s1. The largest absolute Gasteiger partial charge is 0.458 e. The van der Waals surface area contributed by atoms with E-state index in [-0.39, 0.29) is 23.8 Å². The van der Waals surface area contributed by atoms with Crippen LogP contribution in [0.2, 0.25) is 0 Å². The second-order valence-electron chi connectivity index (χ2n) is 8.87. The molecule has 5 nitrogen and oxygen atoms in total. The van der Waals surface area contributed by atoms with Crippen molar-refractivity contribution in [1.82, 2.24) is 5.32 Å². The van der Waals surface area contributed by atoms with Crippen LogP contribution in [0.3, 0.4) is 0 Å². The van der Waals surface area contributed by atoms with E-state index in [9.17, 15) is 14.7 Å². The van der Waals surface area contributed by atoms with E-state index >= 15 is 0 Å². The summed E-state index contributed by atoms with van der Waals surface area (Å²) in [5.74, 6) is -0.999. The lowest BCUT2D eigenvalue weighted by atomic mass is 9.84. The lowest BCUT2D eigenvalue weighted by Crippen LogP contribution is -2.48. The van der Waals surface area contributed by atoms with E-state index in [0.717, 1.165) is 0 Å². The van der Waals surface area contributed by atoms with Gasteiger partial charge in [0.15, 0.2) is 0 Å². The van der Waals surface area contributed by atoms with Crippen LogP contribution in [0.25, 0.3) is 0 Å². The van der Waals surface area contributed by atoms with E-state index in [0.29, 0.717) is 12.8 Å². The van der Waals surface area contributed by atoms with Crippen molar-refractivity contribution in [2.75, 3.05) is 6.61 Å². The summed E-state index contributed by atoms with van der Waals surface area (Å²) in [5, 5.41) is 12.3. The molecule has 1 amide bonds. The second-order valence-corrected chi connectivity index (χ2v) is 8.87. The average Bonchev–Trinajstić information content (AvgIpc) is 2.31. The quantitative estimate of drug-likeness (QED) is 0.704. The molecule has 23 heavy (non-hydrogen) atoms. The van der Waals surface area contributed by atoms with E-state index in [1.165, 1.54) is 0 Å². The fourth-order valence-electron chi connectivity index (χ4n) is 2.33. The lowest BCUT2D eigenvalue weighted by Gasteiger charge is -2.28. The first-order chi connectivity index (χ1) is 10.2. The molecule has 0 aromatic heterocycles. The van der Waals surface area contributed by atoms with Crippen LogP contribution in [0, 0.1) is 17.3 Å². The van der Waals surface area contributed by atoms with Gasteiger partial charge in [0.1, 0.15) is 11.6 Å². The van der Waals surface area contributed by atoms with Crippen molar-refractivity contribution < 1.29 is 19.4 Å². The summed E-state index contributed by atoms with van der Waals surface area (Å²) in [5.41, 5.74) is -0.678. The molecule has 0 radical (unpaired) electrons. The summed E-state index contributed by atoms with van der Waals surface area (Å²) in [7, 11) is 0. The summed E-state index contributed by atoms with van der Waals surface area (Å²) in [6.45, 7) is 15.2. The maximum absolute atomic E-state index is 12.4. The molecule has 0 bridgehead atoms. The van der Waals surface area contributed by atoms with E-state index < -0.39 is 23.5 Å². The number of aliphatic hydroxyl groups is 1. The highest BCUT2D eigenvalue weighted by molar-refractivity contribution is 5.86. The molecular formula is C18H35NO4. The molecule has 0 aromatic rings. The maximum Gasteiger partial charge on any atom is 0.329 e. The molecule has 0 unspecified atom stereocenters. The molecule has 0 saturated heterocycles. The molecule has 0 spiro atoms. The topological polar surface area (TPSA) is 75.6 Å².